The molecule has 108 valence electrons. The summed E-state index contributed by atoms with van der Waals surface area (Å²) in [5, 5.41) is 14.0. The first-order valence-electron chi connectivity index (χ1n) is 6.25. The normalized spacial score (nSPS) is 10.5. The maximum Gasteiger partial charge on any atom is 0.320 e. The van der Waals surface area contributed by atoms with Crippen molar-refractivity contribution in [1.29, 1.82) is 0 Å². The zero-order valence-electron chi connectivity index (χ0n) is 11.5. The van der Waals surface area contributed by atoms with Crippen LogP contribution in [0.3, 0.4) is 0 Å². The first kappa shape index (κ1) is 14.3. The van der Waals surface area contributed by atoms with E-state index in [0.29, 0.717) is 30.8 Å². The van der Waals surface area contributed by atoms with Gasteiger partial charge >= 0.3 is 6.01 Å². The molecule has 0 fully saturated rings. The molecule has 0 bridgehead atoms. The van der Waals surface area contributed by atoms with Crippen LogP contribution in [0.5, 0.6) is 5.75 Å². The van der Waals surface area contributed by atoms with Gasteiger partial charge in [0.15, 0.2) is 0 Å². The van der Waals surface area contributed by atoms with Crippen LogP contribution in [0, 0.1) is 0 Å². The predicted octanol–water partition coefficient (Wildman–Crippen LogP) is 1.56. The van der Waals surface area contributed by atoms with Crippen molar-refractivity contribution in [3.63, 3.8) is 0 Å². The highest BCUT2D eigenvalue weighted by atomic mass is 16.5. The quantitative estimate of drug-likeness (QED) is 0.709. The van der Waals surface area contributed by atoms with Crippen molar-refractivity contribution < 1.29 is 13.9 Å². The van der Waals surface area contributed by atoms with Crippen LogP contribution in [0.15, 0.2) is 28.7 Å². The Labute approximate surface area is 117 Å². The molecule has 0 amide bonds. The Kier molecular flexibility index (Phi) is 5.33. The molecule has 0 aliphatic heterocycles. The van der Waals surface area contributed by atoms with Crippen LogP contribution in [0.4, 0.5) is 11.7 Å². The molecule has 1 heterocycles. The molecule has 0 radical (unpaired) electrons. The van der Waals surface area contributed by atoms with Gasteiger partial charge in [-0.1, -0.05) is 17.2 Å². The molecule has 7 nitrogen and oxygen atoms in total. The fourth-order valence-corrected chi connectivity index (χ4v) is 1.61. The Hall–Kier alpha value is -2.12. The van der Waals surface area contributed by atoms with Gasteiger partial charge in [-0.25, -0.2) is 0 Å². The van der Waals surface area contributed by atoms with Gasteiger partial charge < -0.3 is 24.5 Å². The van der Waals surface area contributed by atoms with Crippen molar-refractivity contribution in [2.24, 2.45) is 0 Å². The number of nitrogens with one attached hydrogen (secondary N) is 2. The predicted molar refractivity (Wildman–Crippen MR) is 74.2 cm³/mol. The molecule has 0 unspecified atom stereocenters. The molecule has 2 aromatic rings. The summed E-state index contributed by atoms with van der Waals surface area (Å²) in [7, 11) is 3.27. The summed E-state index contributed by atoms with van der Waals surface area (Å²) in [4.78, 5) is 0. The maximum absolute atomic E-state index is 5.48. The van der Waals surface area contributed by atoms with Crippen LogP contribution in [-0.4, -0.2) is 37.6 Å². The largest absolute Gasteiger partial charge is 0.495 e. The van der Waals surface area contributed by atoms with E-state index in [-0.39, 0.29) is 0 Å². The number of para-hydroxylation sites is 2. The van der Waals surface area contributed by atoms with Crippen LogP contribution < -0.4 is 15.4 Å². The molecule has 0 atom stereocenters. The van der Waals surface area contributed by atoms with Crippen LogP contribution >= 0.6 is 0 Å². The summed E-state index contributed by atoms with van der Waals surface area (Å²) < 4.78 is 15.6. The van der Waals surface area contributed by atoms with Gasteiger partial charge in [0.1, 0.15) is 5.75 Å². The van der Waals surface area contributed by atoms with E-state index in [0.717, 1.165) is 12.2 Å². The molecule has 0 saturated carbocycles. The molecule has 2 rings (SSSR count). The van der Waals surface area contributed by atoms with E-state index in [1.54, 1.807) is 14.2 Å². The second-order valence-electron chi connectivity index (χ2n) is 4.00. The molecule has 20 heavy (non-hydrogen) atoms. The maximum atomic E-state index is 5.48. The minimum atomic E-state index is 0.332. The molecule has 2 N–H and O–H groups in total. The van der Waals surface area contributed by atoms with E-state index in [2.05, 4.69) is 20.8 Å². The third-order valence-corrected chi connectivity index (χ3v) is 2.57. The van der Waals surface area contributed by atoms with Gasteiger partial charge in [-0.3, -0.25) is 0 Å². The van der Waals surface area contributed by atoms with Gasteiger partial charge in [0, 0.05) is 13.7 Å². The number of aromatic nitrogens is 2. The van der Waals surface area contributed by atoms with Crippen molar-refractivity contribution in [1.82, 2.24) is 15.5 Å². The van der Waals surface area contributed by atoms with Crippen molar-refractivity contribution in [3.8, 4) is 5.75 Å². The summed E-state index contributed by atoms with van der Waals surface area (Å²) in [5.41, 5.74) is 0.776. The van der Waals surface area contributed by atoms with Crippen LogP contribution in [0.2, 0.25) is 0 Å². The number of nitrogens with zero attached hydrogens (tertiary/aromatic N) is 2. The molecule has 0 spiro atoms. The summed E-state index contributed by atoms with van der Waals surface area (Å²) in [6.45, 7) is 1.87. The minimum Gasteiger partial charge on any atom is -0.495 e. The highest BCUT2D eigenvalue weighted by Crippen LogP contribution is 2.26. The van der Waals surface area contributed by atoms with E-state index >= 15 is 0 Å². The summed E-state index contributed by atoms with van der Waals surface area (Å²) in [6, 6.07) is 7.85. The average Bonchev–Trinajstić information content (AvgIpc) is 2.92. The lowest BCUT2D eigenvalue weighted by molar-refractivity contribution is 0.198. The number of hydrogen-bond donors (Lipinski definition) is 2. The van der Waals surface area contributed by atoms with Gasteiger partial charge in [0.2, 0.25) is 5.89 Å². The van der Waals surface area contributed by atoms with Crippen molar-refractivity contribution >= 4 is 11.7 Å². The molecular weight excluding hydrogens is 260 g/mol. The molecule has 1 aromatic heterocycles. The van der Waals surface area contributed by atoms with E-state index in [4.69, 9.17) is 13.9 Å². The molecular formula is C13H18N4O3. The van der Waals surface area contributed by atoms with Gasteiger partial charge in [-0.15, -0.1) is 5.10 Å². The number of anilines is 2. The zero-order valence-corrected chi connectivity index (χ0v) is 11.5. The SMILES string of the molecule is COCCNCc1nnc(Nc2ccccc2OC)o1. The van der Waals surface area contributed by atoms with Crippen molar-refractivity contribution in [3.05, 3.63) is 30.2 Å². The smallest absolute Gasteiger partial charge is 0.320 e. The zero-order chi connectivity index (χ0) is 14.2. The Balaban J connectivity index is 1.92. The van der Waals surface area contributed by atoms with Gasteiger partial charge in [0.25, 0.3) is 0 Å². The second kappa shape index (κ2) is 7.46. The standard InChI is InChI=1S/C13H18N4O3/c1-18-8-7-14-9-12-16-17-13(20-12)15-10-5-3-4-6-11(10)19-2/h3-6,14H,7-9H2,1-2H3,(H,15,17). The van der Waals surface area contributed by atoms with E-state index in [1.807, 2.05) is 24.3 Å². The number of methoxy groups -OCH3 is 2. The topological polar surface area (TPSA) is 81.4 Å². The Morgan fingerprint density at radius 1 is 1.20 bits per heavy atom. The summed E-state index contributed by atoms with van der Waals surface area (Å²) >= 11 is 0. The highest BCUT2D eigenvalue weighted by molar-refractivity contribution is 5.61. The fourth-order valence-electron chi connectivity index (χ4n) is 1.61. The van der Waals surface area contributed by atoms with Gasteiger partial charge in [-0.05, 0) is 12.1 Å². The van der Waals surface area contributed by atoms with Crippen molar-refractivity contribution in [2.45, 2.75) is 6.54 Å². The Bertz CT molecular complexity index is 530. The highest BCUT2D eigenvalue weighted by Gasteiger charge is 2.08. The lowest BCUT2D eigenvalue weighted by Crippen LogP contribution is -2.18. The van der Waals surface area contributed by atoms with E-state index in [1.165, 1.54) is 0 Å². The second-order valence-corrected chi connectivity index (χ2v) is 4.00. The monoisotopic (exact) mass is 278 g/mol. The number of rotatable bonds is 8. The number of benzene rings is 1. The Morgan fingerprint density at radius 3 is 2.85 bits per heavy atom. The summed E-state index contributed by atoms with van der Waals surface area (Å²) in [5.74, 6) is 1.23. The molecule has 1 aromatic carbocycles. The van der Waals surface area contributed by atoms with Gasteiger partial charge in [-0.2, -0.15) is 0 Å². The van der Waals surface area contributed by atoms with Crippen LogP contribution in [0.1, 0.15) is 5.89 Å². The molecule has 7 heteroatoms. The fraction of sp³-hybridized carbons (Fsp3) is 0.385. The third-order valence-electron chi connectivity index (χ3n) is 2.57. The number of ether oxygens (including phenoxy) is 2. The molecule has 0 saturated heterocycles. The lowest BCUT2D eigenvalue weighted by Gasteiger charge is -2.06. The number of hydrogen-bond acceptors (Lipinski definition) is 7. The van der Waals surface area contributed by atoms with Crippen LogP contribution in [0.25, 0.3) is 0 Å². The first-order chi connectivity index (χ1) is 9.83. The minimum absolute atomic E-state index is 0.332. The molecule has 0 aliphatic rings. The average molecular weight is 278 g/mol. The first-order valence-corrected chi connectivity index (χ1v) is 6.25. The van der Waals surface area contributed by atoms with E-state index < -0.39 is 0 Å². The van der Waals surface area contributed by atoms with E-state index in [9.17, 15) is 0 Å². The molecule has 0 aliphatic carbocycles. The third kappa shape index (κ3) is 3.94. The lowest BCUT2D eigenvalue weighted by atomic mass is 10.3. The van der Waals surface area contributed by atoms with Crippen LogP contribution in [-0.2, 0) is 11.3 Å². The summed E-state index contributed by atoms with van der Waals surface area (Å²) in [6.07, 6.45) is 0. The Morgan fingerprint density at radius 2 is 2.05 bits per heavy atom. The van der Waals surface area contributed by atoms with Crippen molar-refractivity contribution in [2.75, 3.05) is 32.7 Å². The van der Waals surface area contributed by atoms with Gasteiger partial charge in [0.05, 0.1) is 25.9 Å².